The topological polar surface area (TPSA) is 126 Å². The zero-order chi connectivity index (χ0) is 22.9. The molecule has 32 heavy (non-hydrogen) atoms. The first-order chi connectivity index (χ1) is 15.4. The van der Waals surface area contributed by atoms with Gasteiger partial charge in [0.1, 0.15) is 5.41 Å². The molecule has 0 spiro atoms. The van der Waals surface area contributed by atoms with E-state index in [2.05, 4.69) is 27.4 Å². The second kappa shape index (κ2) is 8.39. The number of aliphatic hydroxyl groups is 1. The molecule has 2 amide bonds. The molecule has 4 rings (SSSR count). The Kier molecular flexibility index (Phi) is 5.62. The number of benzene rings is 1. The van der Waals surface area contributed by atoms with Gasteiger partial charge in [0.2, 0.25) is 0 Å². The Bertz CT molecular complexity index is 1260. The molecule has 0 bridgehead atoms. The van der Waals surface area contributed by atoms with Gasteiger partial charge in [0.15, 0.2) is 5.13 Å². The predicted octanol–water partition coefficient (Wildman–Crippen LogP) is 3.71. The van der Waals surface area contributed by atoms with E-state index in [0.29, 0.717) is 16.4 Å². The number of anilines is 1. The van der Waals surface area contributed by atoms with Crippen molar-refractivity contribution < 1.29 is 9.90 Å². The molecule has 8 nitrogen and oxygen atoms in total. The van der Waals surface area contributed by atoms with Crippen LogP contribution in [-0.2, 0) is 0 Å². The lowest BCUT2D eigenvalue weighted by molar-refractivity contribution is 0.0324. The van der Waals surface area contributed by atoms with Crippen LogP contribution in [0.2, 0.25) is 0 Å². The molecule has 2 aromatic heterocycles. The molecule has 0 radical (unpaired) electrons. The van der Waals surface area contributed by atoms with Crippen molar-refractivity contribution >= 4 is 22.5 Å². The van der Waals surface area contributed by atoms with E-state index >= 15 is 0 Å². The minimum absolute atomic E-state index is 0.171. The van der Waals surface area contributed by atoms with Crippen molar-refractivity contribution in [2.24, 2.45) is 5.41 Å². The highest BCUT2D eigenvalue weighted by molar-refractivity contribution is 7.19. The van der Waals surface area contributed by atoms with Gasteiger partial charge in [0.25, 0.3) is 0 Å². The Morgan fingerprint density at radius 2 is 1.91 bits per heavy atom. The first-order valence-electron chi connectivity index (χ1n) is 9.91. The van der Waals surface area contributed by atoms with Crippen LogP contribution in [0.15, 0.2) is 36.4 Å². The third-order valence-electron chi connectivity index (χ3n) is 5.26. The van der Waals surface area contributed by atoms with Gasteiger partial charge in [-0.2, -0.15) is 10.5 Å². The fourth-order valence-electron chi connectivity index (χ4n) is 3.67. The second-order valence-corrected chi connectivity index (χ2v) is 8.86. The number of nitrogens with zero attached hydrogens (tertiary/aromatic N) is 5. The summed E-state index contributed by atoms with van der Waals surface area (Å²) >= 11 is 1.34. The Morgan fingerprint density at radius 3 is 2.53 bits per heavy atom. The lowest BCUT2D eigenvalue weighted by atomic mass is 9.82. The summed E-state index contributed by atoms with van der Waals surface area (Å²) < 4.78 is 0. The monoisotopic (exact) mass is 444 g/mol. The molecule has 0 unspecified atom stereocenters. The Morgan fingerprint density at radius 1 is 1.19 bits per heavy atom. The number of rotatable bonds is 4. The van der Waals surface area contributed by atoms with Crippen molar-refractivity contribution in [2.75, 3.05) is 25.0 Å². The summed E-state index contributed by atoms with van der Waals surface area (Å²) in [6, 6.07) is 14.9. The quantitative estimate of drug-likeness (QED) is 0.632. The minimum atomic E-state index is -0.889. The molecule has 1 saturated heterocycles. The van der Waals surface area contributed by atoms with E-state index in [9.17, 15) is 20.4 Å². The van der Waals surface area contributed by atoms with Crippen LogP contribution in [0.3, 0.4) is 0 Å². The third-order valence-corrected chi connectivity index (χ3v) is 6.28. The summed E-state index contributed by atoms with van der Waals surface area (Å²) in [4.78, 5) is 24.1. The SMILES string of the molecule is Cc1cc(-c2sc(NC(=O)N3CC(C#N)(CO)C3)nc2-c2cccc(C#N)c2)cc(C)n1. The first kappa shape index (κ1) is 21.4. The van der Waals surface area contributed by atoms with Crippen LogP contribution in [0.5, 0.6) is 0 Å². The van der Waals surface area contributed by atoms with Crippen LogP contribution in [0.4, 0.5) is 9.93 Å². The number of pyridine rings is 1. The van der Waals surface area contributed by atoms with Crippen LogP contribution >= 0.6 is 11.3 Å². The zero-order valence-corrected chi connectivity index (χ0v) is 18.4. The smallest absolute Gasteiger partial charge is 0.323 e. The fraction of sp³-hybridized carbons (Fsp3) is 0.261. The van der Waals surface area contributed by atoms with Crippen LogP contribution in [0.1, 0.15) is 17.0 Å². The van der Waals surface area contributed by atoms with Crippen LogP contribution in [-0.4, -0.2) is 45.7 Å². The molecule has 0 aliphatic carbocycles. The highest BCUT2D eigenvalue weighted by atomic mass is 32.1. The highest BCUT2D eigenvalue weighted by Gasteiger charge is 2.45. The number of amides is 2. The Labute approximate surface area is 189 Å². The number of hydrogen-bond donors (Lipinski definition) is 2. The summed E-state index contributed by atoms with van der Waals surface area (Å²) in [5.74, 6) is 0. The van der Waals surface area contributed by atoms with Crippen molar-refractivity contribution in [1.29, 1.82) is 10.5 Å². The molecule has 0 saturated carbocycles. The lowest BCUT2D eigenvalue weighted by Gasteiger charge is -2.43. The molecule has 1 aromatic carbocycles. The van der Waals surface area contributed by atoms with E-state index in [1.807, 2.05) is 32.0 Å². The van der Waals surface area contributed by atoms with Gasteiger partial charge in [-0.25, -0.2) is 9.78 Å². The van der Waals surface area contributed by atoms with Gasteiger partial charge in [-0.1, -0.05) is 23.5 Å². The molecule has 1 aliphatic rings. The first-order valence-corrected chi connectivity index (χ1v) is 10.7. The molecule has 9 heteroatoms. The molecule has 160 valence electrons. The summed E-state index contributed by atoms with van der Waals surface area (Å²) in [7, 11) is 0. The maximum atomic E-state index is 12.7. The van der Waals surface area contributed by atoms with Crippen LogP contribution in [0.25, 0.3) is 21.7 Å². The highest BCUT2D eigenvalue weighted by Crippen LogP contribution is 2.40. The number of aromatic nitrogens is 2. The van der Waals surface area contributed by atoms with Gasteiger partial charge in [-0.15, -0.1) is 0 Å². The van der Waals surface area contributed by atoms with E-state index in [0.717, 1.165) is 27.4 Å². The number of hydrogen-bond acceptors (Lipinski definition) is 7. The molecule has 3 aromatic rings. The molecule has 1 fully saturated rings. The van der Waals surface area contributed by atoms with Gasteiger partial charge in [-0.3, -0.25) is 10.3 Å². The van der Waals surface area contributed by atoms with Crippen molar-refractivity contribution in [1.82, 2.24) is 14.9 Å². The molecule has 2 N–H and O–H groups in total. The summed E-state index contributed by atoms with van der Waals surface area (Å²) in [5.41, 5.74) is 3.74. The number of aliphatic hydroxyl groups excluding tert-OH is 1. The molecular weight excluding hydrogens is 424 g/mol. The average molecular weight is 445 g/mol. The molecule has 1 aliphatic heterocycles. The van der Waals surface area contributed by atoms with E-state index < -0.39 is 5.41 Å². The van der Waals surface area contributed by atoms with E-state index in [-0.39, 0.29) is 25.7 Å². The van der Waals surface area contributed by atoms with Crippen molar-refractivity contribution in [3.05, 3.63) is 53.3 Å². The third kappa shape index (κ3) is 4.04. The van der Waals surface area contributed by atoms with Gasteiger partial charge in [0.05, 0.1) is 34.9 Å². The predicted molar refractivity (Wildman–Crippen MR) is 121 cm³/mol. The van der Waals surface area contributed by atoms with Gasteiger partial charge in [0, 0.05) is 30.0 Å². The van der Waals surface area contributed by atoms with Crippen molar-refractivity contribution in [3.63, 3.8) is 0 Å². The summed E-state index contributed by atoms with van der Waals surface area (Å²) in [6.07, 6.45) is 0. The Balaban J connectivity index is 1.69. The number of aryl methyl sites for hydroxylation is 2. The zero-order valence-electron chi connectivity index (χ0n) is 17.6. The van der Waals surface area contributed by atoms with Crippen molar-refractivity contribution in [2.45, 2.75) is 13.8 Å². The average Bonchev–Trinajstić information content (AvgIpc) is 3.17. The minimum Gasteiger partial charge on any atom is -0.395 e. The molecule has 3 heterocycles. The summed E-state index contributed by atoms with van der Waals surface area (Å²) in [6.45, 7) is 3.90. The van der Waals surface area contributed by atoms with E-state index in [4.69, 9.17) is 0 Å². The largest absolute Gasteiger partial charge is 0.395 e. The van der Waals surface area contributed by atoms with Gasteiger partial charge >= 0.3 is 6.03 Å². The molecular formula is C23H20N6O2S. The normalized spacial score (nSPS) is 14.2. The maximum Gasteiger partial charge on any atom is 0.323 e. The van der Waals surface area contributed by atoms with Crippen LogP contribution in [0, 0.1) is 41.9 Å². The maximum absolute atomic E-state index is 12.7. The van der Waals surface area contributed by atoms with E-state index in [1.54, 1.807) is 18.2 Å². The number of carbonyl (C=O) groups is 1. The number of nitriles is 2. The Hall–Kier alpha value is -3.79. The number of likely N-dealkylation sites (tertiary alicyclic amines) is 1. The van der Waals surface area contributed by atoms with Crippen LogP contribution < -0.4 is 5.32 Å². The number of thiazole rings is 1. The number of carbonyl (C=O) groups excluding carboxylic acids is 1. The second-order valence-electron chi connectivity index (χ2n) is 7.86. The summed E-state index contributed by atoms with van der Waals surface area (Å²) in [5, 5.41) is 31.1. The van der Waals surface area contributed by atoms with Crippen molar-refractivity contribution in [3.8, 4) is 33.8 Å². The number of nitrogens with one attached hydrogen (secondary N) is 1. The van der Waals surface area contributed by atoms with Gasteiger partial charge in [-0.05, 0) is 43.7 Å². The van der Waals surface area contributed by atoms with Gasteiger partial charge < -0.3 is 10.0 Å². The number of urea groups is 1. The fourth-order valence-corrected chi connectivity index (χ4v) is 4.64. The standard InChI is InChI=1S/C23H20N6O2S/c1-14-6-18(7-15(2)26-14)20-19(17-5-3-4-16(8-17)9-24)27-21(32-20)28-22(31)29-11-23(10-25,12-29)13-30/h3-8,30H,11-13H2,1-2H3,(H,27,28,31). The van der Waals surface area contributed by atoms with E-state index in [1.165, 1.54) is 16.2 Å². The lowest BCUT2D eigenvalue weighted by Crippen LogP contribution is -2.60. The molecule has 0 atom stereocenters.